The number of halogens is 1. The minimum atomic E-state index is -4.22. The Kier molecular flexibility index (Phi) is 2.80. The molecule has 0 saturated heterocycles. The molecule has 0 spiro atoms. The van der Waals surface area contributed by atoms with Crippen LogP contribution in [-0.4, -0.2) is 24.2 Å². The van der Waals surface area contributed by atoms with Gasteiger partial charge in [-0.1, -0.05) is 11.8 Å². The van der Waals surface area contributed by atoms with Crippen LogP contribution < -0.4 is 0 Å². The molecule has 66 valence electrons. The van der Waals surface area contributed by atoms with E-state index < -0.39 is 15.4 Å². The van der Waals surface area contributed by atoms with Crippen molar-refractivity contribution in [3.8, 4) is 0 Å². The Labute approximate surface area is 81.6 Å². The second-order valence-electron chi connectivity index (χ2n) is 1.97. The smallest absolute Gasteiger partial charge is 0.277 e. The minimum absolute atomic E-state index is 0.0515. The van der Waals surface area contributed by atoms with Crippen molar-refractivity contribution in [3.05, 3.63) is 14.8 Å². The minimum Gasteiger partial charge on any atom is -0.285 e. The van der Waals surface area contributed by atoms with Gasteiger partial charge in [0.1, 0.15) is 11.2 Å². The average Bonchev–Trinajstić information content (AvgIpc) is 2.29. The van der Waals surface area contributed by atoms with Crippen LogP contribution in [0.15, 0.2) is 14.8 Å². The molecule has 1 aliphatic rings. The highest BCUT2D eigenvalue weighted by molar-refractivity contribution is 9.14. The highest BCUT2D eigenvalue weighted by Gasteiger charge is 2.32. The van der Waals surface area contributed by atoms with Crippen LogP contribution in [0.5, 0.6) is 0 Å². The maximum absolute atomic E-state index is 10.6. The molecule has 1 heterocycles. The lowest BCUT2D eigenvalue weighted by Crippen LogP contribution is -2.16. The van der Waals surface area contributed by atoms with Crippen molar-refractivity contribution in [2.24, 2.45) is 0 Å². The molecule has 0 saturated carbocycles. The Hall–Kier alpha value is -0.0700. The molecule has 1 N–H and O–H groups in total. The van der Waals surface area contributed by atoms with E-state index in [4.69, 9.17) is 4.55 Å². The van der Waals surface area contributed by atoms with Crippen LogP contribution in [0, 0.1) is 0 Å². The lowest BCUT2D eigenvalue weighted by atomic mass is 10.4. The summed E-state index contributed by atoms with van der Waals surface area (Å²) < 4.78 is 30.4. The van der Waals surface area contributed by atoms with Crippen molar-refractivity contribution in [2.75, 3.05) is 0 Å². The Morgan fingerprint density at radius 3 is 2.58 bits per heavy atom. The summed E-state index contributed by atoms with van der Waals surface area (Å²) in [5.41, 5.74) is 0. The van der Waals surface area contributed by atoms with Crippen molar-refractivity contribution in [2.45, 2.75) is 5.25 Å². The number of hydrogen-bond donors (Lipinski definition) is 1. The first-order valence-electron chi connectivity index (χ1n) is 2.71. The quantitative estimate of drug-likeness (QED) is 0.567. The summed E-state index contributed by atoms with van der Waals surface area (Å²) in [6.07, 6.45) is 1.24. The molecule has 1 aliphatic heterocycles. The van der Waals surface area contributed by atoms with Crippen molar-refractivity contribution < 1.29 is 17.8 Å². The van der Waals surface area contributed by atoms with E-state index >= 15 is 0 Å². The zero-order chi connectivity index (χ0) is 9.35. The van der Waals surface area contributed by atoms with Crippen molar-refractivity contribution in [1.29, 1.82) is 0 Å². The van der Waals surface area contributed by atoms with Gasteiger partial charge in [-0.05, 0) is 22.0 Å². The summed E-state index contributed by atoms with van der Waals surface area (Å²) in [6, 6.07) is 0. The third kappa shape index (κ3) is 1.99. The third-order valence-corrected chi connectivity index (χ3v) is 3.97. The molecule has 0 amide bonds. The summed E-state index contributed by atoms with van der Waals surface area (Å²) in [5.74, 6) is 1.46. The van der Waals surface area contributed by atoms with E-state index in [9.17, 15) is 13.2 Å². The maximum Gasteiger partial charge on any atom is 0.277 e. The summed E-state index contributed by atoms with van der Waals surface area (Å²) in [7, 11) is -4.22. The first-order valence-corrected chi connectivity index (χ1v) is 5.83. The number of thioether (sulfide) groups is 1. The molecule has 0 bridgehead atoms. The van der Waals surface area contributed by atoms with E-state index in [1.165, 1.54) is 12.0 Å². The topological polar surface area (TPSA) is 71.4 Å². The van der Waals surface area contributed by atoms with Crippen molar-refractivity contribution in [3.63, 3.8) is 0 Å². The fourth-order valence-electron chi connectivity index (χ4n) is 0.692. The molecule has 12 heavy (non-hydrogen) atoms. The maximum atomic E-state index is 10.6. The van der Waals surface area contributed by atoms with Gasteiger partial charge in [0.05, 0.1) is 8.72 Å². The Balaban J connectivity index is 3.15. The van der Waals surface area contributed by atoms with E-state index in [2.05, 4.69) is 15.9 Å². The van der Waals surface area contributed by atoms with Crippen molar-refractivity contribution in [1.82, 2.24) is 0 Å². The third-order valence-electron chi connectivity index (χ3n) is 1.17. The zero-order valence-corrected chi connectivity index (χ0v) is 8.74. The predicted molar refractivity (Wildman–Crippen MR) is 49.1 cm³/mol. The molecule has 1 atom stereocenters. The number of hydrogen-bond acceptors (Lipinski definition) is 4. The normalized spacial score (nSPS) is 23.7. The highest BCUT2D eigenvalue weighted by Crippen LogP contribution is 2.40. The monoisotopic (exact) mass is 270 g/mol. The van der Waals surface area contributed by atoms with Gasteiger partial charge in [-0.2, -0.15) is 8.42 Å². The van der Waals surface area contributed by atoms with E-state index in [-0.39, 0.29) is 4.91 Å². The first kappa shape index (κ1) is 10.0. The van der Waals surface area contributed by atoms with Crippen LogP contribution in [0.4, 0.5) is 0 Å². The summed E-state index contributed by atoms with van der Waals surface area (Å²) in [4.78, 5) is 10.1. The van der Waals surface area contributed by atoms with Gasteiger partial charge in [0.25, 0.3) is 10.1 Å². The van der Waals surface area contributed by atoms with Crippen LogP contribution >= 0.6 is 27.7 Å². The van der Waals surface area contributed by atoms with Gasteiger partial charge in [0, 0.05) is 0 Å². The molecule has 1 rings (SSSR count). The van der Waals surface area contributed by atoms with Gasteiger partial charge in [-0.25, -0.2) is 4.79 Å². The molecule has 1 unspecified atom stereocenters. The van der Waals surface area contributed by atoms with E-state index in [1.807, 2.05) is 0 Å². The molecule has 7 heteroatoms. The molecular formula is C5H3BrO4S2. The lowest BCUT2D eigenvalue weighted by molar-refractivity contribution is 0.480. The summed E-state index contributed by atoms with van der Waals surface area (Å²) in [5, 5.41) is -1.26. The second-order valence-corrected chi connectivity index (χ2v) is 5.98. The fraction of sp³-hybridized carbons (Fsp3) is 0.200. The van der Waals surface area contributed by atoms with E-state index in [0.29, 0.717) is 3.81 Å². The van der Waals surface area contributed by atoms with Gasteiger partial charge in [0.2, 0.25) is 0 Å². The van der Waals surface area contributed by atoms with E-state index in [1.54, 1.807) is 0 Å². The largest absolute Gasteiger partial charge is 0.285 e. The Morgan fingerprint density at radius 1 is 1.67 bits per heavy atom. The predicted octanol–water partition coefficient (Wildman–Crippen LogP) is 0.941. The number of carbonyl (C=O) groups excluding carboxylic acids is 1. The van der Waals surface area contributed by atoms with Gasteiger partial charge < -0.3 is 0 Å². The van der Waals surface area contributed by atoms with E-state index in [0.717, 1.165) is 11.8 Å². The molecular weight excluding hydrogens is 268 g/mol. The van der Waals surface area contributed by atoms with Crippen LogP contribution in [0.3, 0.4) is 0 Å². The zero-order valence-electron chi connectivity index (χ0n) is 5.52. The summed E-state index contributed by atoms with van der Waals surface area (Å²) >= 11 is 3.93. The SMILES string of the molecule is O=C=C1SC(Br)=CC1S(=O)(=O)O. The van der Waals surface area contributed by atoms with Gasteiger partial charge in [0.15, 0.2) is 0 Å². The molecule has 0 aromatic heterocycles. The van der Waals surface area contributed by atoms with Crippen LogP contribution in [0.25, 0.3) is 0 Å². The molecule has 4 nitrogen and oxygen atoms in total. The molecule has 0 fully saturated rings. The van der Waals surface area contributed by atoms with Crippen LogP contribution in [0.2, 0.25) is 0 Å². The molecule has 0 radical (unpaired) electrons. The average molecular weight is 271 g/mol. The molecule has 0 aliphatic carbocycles. The van der Waals surface area contributed by atoms with Crippen molar-refractivity contribution >= 4 is 43.8 Å². The summed E-state index contributed by atoms with van der Waals surface area (Å²) in [6.45, 7) is 0. The standard InChI is InChI=1S/C5H3BrO4S2/c6-5-1-4(12(8,9)10)3(2-7)11-5/h1,4H,(H,8,9,10). The molecule has 0 aromatic rings. The molecule has 0 aromatic carbocycles. The Bertz CT molecular complexity index is 376. The first-order chi connectivity index (χ1) is 5.45. The van der Waals surface area contributed by atoms with Crippen LogP contribution in [0.1, 0.15) is 0 Å². The van der Waals surface area contributed by atoms with Crippen LogP contribution in [-0.2, 0) is 14.9 Å². The number of rotatable bonds is 1. The van der Waals surface area contributed by atoms with Gasteiger partial charge >= 0.3 is 0 Å². The Morgan fingerprint density at radius 2 is 2.25 bits per heavy atom. The second kappa shape index (κ2) is 3.35. The lowest BCUT2D eigenvalue weighted by Gasteiger charge is -2.00. The van der Waals surface area contributed by atoms with Gasteiger partial charge in [-0.3, -0.25) is 4.55 Å². The highest BCUT2D eigenvalue weighted by atomic mass is 79.9. The fourth-order valence-corrected chi connectivity index (χ4v) is 3.52. The van der Waals surface area contributed by atoms with Gasteiger partial charge in [-0.15, -0.1) is 0 Å².